The van der Waals surface area contributed by atoms with E-state index in [1.165, 1.54) is 0 Å². The molecule has 0 aromatic heterocycles. The Labute approximate surface area is 116 Å². The molecule has 0 radical (unpaired) electrons. The van der Waals surface area contributed by atoms with Crippen LogP contribution in [-0.4, -0.2) is 30.1 Å². The van der Waals surface area contributed by atoms with Gasteiger partial charge in [-0.25, -0.2) is 0 Å². The number of nitrogens with one attached hydrogen (secondary N) is 1. The summed E-state index contributed by atoms with van der Waals surface area (Å²) >= 11 is 5.78. The van der Waals surface area contributed by atoms with Gasteiger partial charge in [-0.05, 0) is 31.0 Å². The number of hydrogen-bond acceptors (Lipinski definition) is 3. The summed E-state index contributed by atoms with van der Waals surface area (Å²) in [5, 5.41) is 11.6. The van der Waals surface area contributed by atoms with Gasteiger partial charge in [0, 0.05) is 18.0 Å². The van der Waals surface area contributed by atoms with Gasteiger partial charge in [0.2, 0.25) is 0 Å². The zero-order valence-corrected chi connectivity index (χ0v) is 11.2. The van der Waals surface area contributed by atoms with Crippen molar-refractivity contribution in [1.82, 2.24) is 5.32 Å². The number of carboxylic acid groups (broad SMARTS) is 1. The van der Waals surface area contributed by atoms with Gasteiger partial charge in [0.05, 0.1) is 0 Å². The average Bonchev–Trinajstić information content (AvgIpc) is 2.35. The SMILES string of the molecule is O=C(O)CCCCNC(=O)COc1cccc(Cl)c1. The molecule has 0 saturated carbocycles. The highest BCUT2D eigenvalue weighted by molar-refractivity contribution is 6.30. The third kappa shape index (κ3) is 7.31. The molecule has 0 saturated heterocycles. The molecule has 0 aliphatic carbocycles. The molecule has 0 aliphatic heterocycles. The van der Waals surface area contributed by atoms with Gasteiger partial charge in [-0.1, -0.05) is 17.7 Å². The summed E-state index contributed by atoms with van der Waals surface area (Å²) in [5.41, 5.74) is 0. The molecular formula is C13H16ClNO4. The molecule has 2 N–H and O–H groups in total. The summed E-state index contributed by atoms with van der Waals surface area (Å²) in [6.45, 7) is 0.365. The van der Waals surface area contributed by atoms with Gasteiger partial charge in [0.15, 0.2) is 6.61 Å². The fourth-order valence-electron chi connectivity index (χ4n) is 1.39. The van der Waals surface area contributed by atoms with Crippen molar-refractivity contribution in [2.75, 3.05) is 13.2 Å². The second kappa shape index (κ2) is 8.37. The second-order valence-electron chi connectivity index (χ2n) is 3.95. The maximum atomic E-state index is 11.4. The van der Waals surface area contributed by atoms with Crippen LogP contribution in [0.25, 0.3) is 0 Å². The number of hydrogen-bond donors (Lipinski definition) is 2. The lowest BCUT2D eigenvalue weighted by molar-refractivity contribution is -0.137. The molecule has 0 unspecified atom stereocenters. The standard InChI is InChI=1S/C13H16ClNO4/c14-10-4-3-5-11(8-10)19-9-12(16)15-7-2-1-6-13(17)18/h3-5,8H,1-2,6-7,9H2,(H,15,16)(H,17,18). The number of amides is 1. The summed E-state index contributed by atoms with van der Waals surface area (Å²) in [5.74, 6) is -0.528. The van der Waals surface area contributed by atoms with Crippen molar-refractivity contribution in [3.8, 4) is 5.75 Å². The van der Waals surface area contributed by atoms with Crippen LogP contribution < -0.4 is 10.1 Å². The van der Waals surface area contributed by atoms with E-state index < -0.39 is 5.97 Å². The molecular weight excluding hydrogens is 270 g/mol. The maximum absolute atomic E-state index is 11.4. The predicted molar refractivity (Wildman–Crippen MR) is 71.4 cm³/mol. The van der Waals surface area contributed by atoms with Gasteiger partial charge in [0.25, 0.3) is 5.91 Å². The van der Waals surface area contributed by atoms with Crippen LogP contribution in [0.1, 0.15) is 19.3 Å². The first-order chi connectivity index (χ1) is 9.08. The molecule has 1 aromatic rings. The first kappa shape index (κ1) is 15.3. The van der Waals surface area contributed by atoms with E-state index in [2.05, 4.69) is 5.32 Å². The van der Waals surface area contributed by atoms with Crippen LogP contribution in [0.3, 0.4) is 0 Å². The number of benzene rings is 1. The van der Waals surface area contributed by atoms with Crippen molar-refractivity contribution >= 4 is 23.5 Å². The van der Waals surface area contributed by atoms with Crippen LogP contribution in [0, 0.1) is 0 Å². The Kier molecular flexibility index (Phi) is 6.74. The van der Waals surface area contributed by atoms with Gasteiger partial charge < -0.3 is 15.2 Å². The van der Waals surface area contributed by atoms with Crippen molar-refractivity contribution in [2.45, 2.75) is 19.3 Å². The largest absolute Gasteiger partial charge is 0.484 e. The average molecular weight is 286 g/mol. The zero-order chi connectivity index (χ0) is 14.1. The number of unbranched alkanes of at least 4 members (excludes halogenated alkanes) is 1. The van der Waals surface area contributed by atoms with Crippen molar-refractivity contribution < 1.29 is 19.4 Å². The Morgan fingerprint density at radius 2 is 2.11 bits per heavy atom. The smallest absolute Gasteiger partial charge is 0.303 e. The molecule has 0 fully saturated rings. The second-order valence-corrected chi connectivity index (χ2v) is 4.38. The highest BCUT2D eigenvalue weighted by Crippen LogP contribution is 2.16. The van der Waals surface area contributed by atoms with Crippen LogP contribution >= 0.6 is 11.6 Å². The number of rotatable bonds is 8. The predicted octanol–water partition coefficient (Wildman–Crippen LogP) is 2.09. The molecule has 0 aliphatic rings. The Balaban J connectivity index is 2.13. The Bertz CT molecular complexity index is 436. The van der Waals surface area contributed by atoms with Gasteiger partial charge >= 0.3 is 5.97 Å². The molecule has 19 heavy (non-hydrogen) atoms. The minimum Gasteiger partial charge on any atom is -0.484 e. The Morgan fingerprint density at radius 1 is 1.32 bits per heavy atom. The fraction of sp³-hybridized carbons (Fsp3) is 0.385. The van der Waals surface area contributed by atoms with Gasteiger partial charge in [-0.3, -0.25) is 9.59 Å². The first-order valence-corrected chi connectivity index (χ1v) is 6.32. The lowest BCUT2D eigenvalue weighted by Crippen LogP contribution is -2.29. The monoisotopic (exact) mass is 285 g/mol. The van der Waals surface area contributed by atoms with Crippen molar-refractivity contribution in [1.29, 1.82) is 0 Å². The van der Waals surface area contributed by atoms with Gasteiger partial charge in [0.1, 0.15) is 5.75 Å². The molecule has 0 spiro atoms. The molecule has 0 bridgehead atoms. The van der Waals surface area contributed by atoms with E-state index >= 15 is 0 Å². The topological polar surface area (TPSA) is 75.6 Å². The summed E-state index contributed by atoms with van der Waals surface area (Å²) in [4.78, 5) is 21.7. The number of aliphatic carboxylic acids is 1. The normalized spacial score (nSPS) is 9.95. The first-order valence-electron chi connectivity index (χ1n) is 5.95. The molecule has 0 heterocycles. The molecule has 104 valence electrons. The summed E-state index contributed by atoms with van der Waals surface area (Å²) < 4.78 is 5.25. The van der Waals surface area contributed by atoms with Crippen LogP contribution in [0.5, 0.6) is 5.75 Å². The van der Waals surface area contributed by atoms with E-state index in [0.29, 0.717) is 30.2 Å². The lowest BCUT2D eigenvalue weighted by Gasteiger charge is -2.07. The summed E-state index contributed by atoms with van der Waals surface area (Å²) in [7, 11) is 0. The van der Waals surface area contributed by atoms with Gasteiger partial charge in [-0.15, -0.1) is 0 Å². The van der Waals surface area contributed by atoms with E-state index in [4.69, 9.17) is 21.4 Å². The van der Waals surface area contributed by atoms with E-state index in [-0.39, 0.29) is 18.9 Å². The summed E-state index contributed by atoms with van der Waals surface area (Å²) in [6.07, 6.45) is 1.30. The molecule has 0 atom stereocenters. The van der Waals surface area contributed by atoms with E-state index in [9.17, 15) is 9.59 Å². The van der Waals surface area contributed by atoms with E-state index in [1.807, 2.05) is 0 Å². The lowest BCUT2D eigenvalue weighted by atomic mass is 10.2. The minimum atomic E-state index is -0.824. The Morgan fingerprint density at radius 3 is 2.79 bits per heavy atom. The number of carboxylic acids is 1. The zero-order valence-electron chi connectivity index (χ0n) is 10.4. The van der Waals surface area contributed by atoms with E-state index in [1.54, 1.807) is 24.3 Å². The molecule has 1 amide bonds. The van der Waals surface area contributed by atoms with Gasteiger partial charge in [-0.2, -0.15) is 0 Å². The number of halogens is 1. The minimum absolute atomic E-state index is 0.0841. The van der Waals surface area contributed by atoms with Crippen molar-refractivity contribution in [3.63, 3.8) is 0 Å². The van der Waals surface area contributed by atoms with Crippen LogP contribution in [-0.2, 0) is 9.59 Å². The van der Waals surface area contributed by atoms with Crippen LogP contribution in [0.2, 0.25) is 5.02 Å². The molecule has 1 rings (SSSR count). The third-order valence-electron chi connectivity index (χ3n) is 2.31. The number of ether oxygens (including phenoxy) is 1. The fourth-order valence-corrected chi connectivity index (χ4v) is 1.57. The molecule has 6 heteroatoms. The summed E-state index contributed by atoms with van der Waals surface area (Å²) in [6, 6.07) is 6.80. The van der Waals surface area contributed by atoms with Crippen molar-refractivity contribution in [2.24, 2.45) is 0 Å². The third-order valence-corrected chi connectivity index (χ3v) is 2.54. The molecule has 5 nitrogen and oxygen atoms in total. The quantitative estimate of drug-likeness (QED) is 0.717. The maximum Gasteiger partial charge on any atom is 0.303 e. The highest BCUT2D eigenvalue weighted by Gasteiger charge is 2.03. The number of carbonyl (C=O) groups is 2. The van der Waals surface area contributed by atoms with E-state index in [0.717, 1.165) is 0 Å². The molecule has 1 aromatic carbocycles. The highest BCUT2D eigenvalue weighted by atomic mass is 35.5. The Hall–Kier alpha value is -1.75. The van der Waals surface area contributed by atoms with Crippen molar-refractivity contribution in [3.05, 3.63) is 29.3 Å². The van der Waals surface area contributed by atoms with Crippen LogP contribution in [0.15, 0.2) is 24.3 Å². The number of carbonyl (C=O) groups excluding carboxylic acids is 1. The van der Waals surface area contributed by atoms with Crippen LogP contribution in [0.4, 0.5) is 0 Å².